The highest BCUT2D eigenvalue weighted by molar-refractivity contribution is 7.88. The summed E-state index contributed by atoms with van der Waals surface area (Å²) in [6.07, 6.45) is 1.23. The third-order valence-electron chi connectivity index (χ3n) is 3.84. The van der Waals surface area contributed by atoms with Crippen LogP contribution >= 0.6 is 23.8 Å². The SMILES string of the molecule is CS(=O)(=O)N1CCN(Cn2nnn(-c3ccc(Cl)cc3)c2=S)CC1. The lowest BCUT2D eigenvalue weighted by molar-refractivity contribution is 0.144. The van der Waals surface area contributed by atoms with E-state index in [0.717, 1.165) is 5.69 Å². The van der Waals surface area contributed by atoms with Gasteiger partial charge in [0.2, 0.25) is 14.8 Å². The molecule has 1 saturated heterocycles. The van der Waals surface area contributed by atoms with Crippen molar-refractivity contribution in [3.05, 3.63) is 34.1 Å². The van der Waals surface area contributed by atoms with Gasteiger partial charge in [0, 0.05) is 31.2 Å². The molecule has 1 fully saturated rings. The smallest absolute Gasteiger partial charge is 0.221 e. The van der Waals surface area contributed by atoms with Crippen molar-refractivity contribution in [1.29, 1.82) is 0 Å². The lowest BCUT2D eigenvalue weighted by Gasteiger charge is -2.32. The second-order valence-corrected chi connectivity index (χ2v) is 8.35. The molecule has 11 heteroatoms. The van der Waals surface area contributed by atoms with Crippen molar-refractivity contribution in [3.8, 4) is 5.69 Å². The quantitative estimate of drug-likeness (QED) is 0.727. The summed E-state index contributed by atoms with van der Waals surface area (Å²) in [4.78, 5) is 2.10. The van der Waals surface area contributed by atoms with E-state index in [-0.39, 0.29) is 0 Å². The Bertz CT molecular complexity index is 869. The molecule has 0 saturated carbocycles. The van der Waals surface area contributed by atoms with Crippen LogP contribution in [-0.4, -0.2) is 69.8 Å². The van der Waals surface area contributed by atoms with E-state index < -0.39 is 10.0 Å². The molecule has 0 N–H and O–H groups in total. The van der Waals surface area contributed by atoms with Gasteiger partial charge < -0.3 is 0 Å². The standard InChI is InChI=1S/C13H17ClN6O2S2/c1-24(21,22)18-8-6-17(7-9-18)10-19-13(23)20(16-15-19)12-4-2-11(14)3-5-12/h2-5H,6-10H2,1H3. The Morgan fingerprint density at radius 3 is 2.33 bits per heavy atom. The molecular weight excluding hydrogens is 372 g/mol. The first-order chi connectivity index (χ1) is 11.3. The maximum Gasteiger partial charge on any atom is 0.221 e. The van der Waals surface area contributed by atoms with Crippen molar-refractivity contribution in [1.82, 2.24) is 29.0 Å². The fraction of sp³-hybridized carbons (Fsp3) is 0.462. The summed E-state index contributed by atoms with van der Waals surface area (Å²) in [6, 6.07) is 7.17. The Labute approximate surface area is 150 Å². The minimum atomic E-state index is -3.13. The Balaban J connectivity index is 1.69. The lowest BCUT2D eigenvalue weighted by Crippen LogP contribution is -2.48. The van der Waals surface area contributed by atoms with E-state index in [1.165, 1.54) is 10.6 Å². The molecule has 2 aromatic rings. The number of hydrogen-bond donors (Lipinski definition) is 0. The van der Waals surface area contributed by atoms with Crippen LogP contribution in [0.3, 0.4) is 0 Å². The number of tetrazole rings is 1. The molecule has 1 aromatic heterocycles. The highest BCUT2D eigenvalue weighted by atomic mass is 35.5. The van der Waals surface area contributed by atoms with Crippen LogP contribution in [0, 0.1) is 4.77 Å². The largest absolute Gasteiger partial charge is 0.282 e. The molecule has 0 radical (unpaired) electrons. The van der Waals surface area contributed by atoms with Crippen LogP contribution in [0.1, 0.15) is 0 Å². The van der Waals surface area contributed by atoms with E-state index >= 15 is 0 Å². The summed E-state index contributed by atoms with van der Waals surface area (Å²) in [5.41, 5.74) is 0.789. The van der Waals surface area contributed by atoms with E-state index in [2.05, 4.69) is 15.3 Å². The summed E-state index contributed by atoms with van der Waals surface area (Å²) in [7, 11) is -3.13. The average Bonchev–Trinajstić information content (AvgIpc) is 2.89. The summed E-state index contributed by atoms with van der Waals surface area (Å²) < 4.78 is 28.2. The molecule has 0 bridgehead atoms. The maximum atomic E-state index is 11.5. The molecular formula is C13H17ClN6O2S2. The topological polar surface area (TPSA) is 76.3 Å². The van der Waals surface area contributed by atoms with Crippen LogP contribution in [0.25, 0.3) is 5.69 Å². The van der Waals surface area contributed by atoms with Crippen LogP contribution in [0.5, 0.6) is 0 Å². The van der Waals surface area contributed by atoms with Gasteiger partial charge in [0.1, 0.15) is 0 Å². The van der Waals surface area contributed by atoms with Crippen molar-refractivity contribution in [2.24, 2.45) is 0 Å². The highest BCUT2D eigenvalue weighted by Gasteiger charge is 2.23. The molecule has 1 aliphatic rings. The average molecular weight is 389 g/mol. The molecule has 0 spiro atoms. The zero-order chi connectivity index (χ0) is 17.3. The molecule has 0 amide bonds. The van der Waals surface area contributed by atoms with E-state index in [1.807, 2.05) is 12.1 Å². The Hall–Kier alpha value is -1.33. The van der Waals surface area contributed by atoms with Gasteiger partial charge in [-0.1, -0.05) is 11.6 Å². The molecule has 0 aliphatic carbocycles. The third kappa shape index (κ3) is 3.83. The van der Waals surface area contributed by atoms with Crippen molar-refractivity contribution in [3.63, 3.8) is 0 Å². The number of aromatic nitrogens is 4. The van der Waals surface area contributed by atoms with Crippen molar-refractivity contribution >= 4 is 33.8 Å². The summed E-state index contributed by atoms with van der Waals surface area (Å²) >= 11 is 11.3. The molecule has 3 rings (SSSR count). The highest BCUT2D eigenvalue weighted by Crippen LogP contribution is 2.13. The van der Waals surface area contributed by atoms with Gasteiger partial charge in [-0.25, -0.2) is 13.1 Å². The van der Waals surface area contributed by atoms with Gasteiger partial charge in [0.05, 0.1) is 18.6 Å². The van der Waals surface area contributed by atoms with Crippen molar-refractivity contribution in [2.45, 2.75) is 6.67 Å². The van der Waals surface area contributed by atoms with Gasteiger partial charge >= 0.3 is 0 Å². The van der Waals surface area contributed by atoms with E-state index in [4.69, 9.17) is 23.8 Å². The number of nitrogens with zero attached hydrogens (tertiary/aromatic N) is 6. The second kappa shape index (κ2) is 6.89. The zero-order valence-electron chi connectivity index (χ0n) is 13.0. The zero-order valence-corrected chi connectivity index (χ0v) is 15.4. The predicted molar refractivity (Wildman–Crippen MR) is 93.2 cm³/mol. The predicted octanol–water partition coefficient (Wildman–Crippen LogP) is 0.986. The molecule has 0 unspecified atom stereocenters. The second-order valence-electron chi connectivity index (χ2n) is 5.57. The summed E-state index contributed by atoms with van der Waals surface area (Å²) in [5.74, 6) is 0. The van der Waals surface area contributed by atoms with Crippen molar-refractivity contribution < 1.29 is 8.42 Å². The van der Waals surface area contributed by atoms with Gasteiger partial charge in [-0.15, -0.1) is 0 Å². The number of hydrogen-bond acceptors (Lipinski definition) is 6. The fourth-order valence-corrected chi connectivity index (χ4v) is 3.69. The first kappa shape index (κ1) is 17.5. The number of rotatable bonds is 4. The number of sulfonamides is 1. The van der Waals surface area contributed by atoms with Gasteiger partial charge in [-0.05, 0) is 46.9 Å². The monoisotopic (exact) mass is 388 g/mol. The van der Waals surface area contributed by atoms with Crippen LogP contribution in [0.15, 0.2) is 24.3 Å². The Morgan fingerprint density at radius 2 is 1.75 bits per heavy atom. The number of benzene rings is 1. The van der Waals surface area contributed by atoms with E-state index in [1.54, 1.807) is 21.5 Å². The molecule has 0 atom stereocenters. The molecule has 2 heterocycles. The molecule has 130 valence electrons. The van der Waals surface area contributed by atoms with Crippen molar-refractivity contribution in [2.75, 3.05) is 32.4 Å². The Morgan fingerprint density at radius 1 is 1.12 bits per heavy atom. The molecule has 8 nitrogen and oxygen atoms in total. The minimum Gasteiger partial charge on any atom is -0.282 e. The minimum absolute atomic E-state index is 0.470. The molecule has 24 heavy (non-hydrogen) atoms. The number of halogens is 1. The molecule has 1 aliphatic heterocycles. The first-order valence-corrected chi connectivity index (χ1v) is 9.94. The normalized spacial score (nSPS) is 17.2. The first-order valence-electron chi connectivity index (χ1n) is 7.31. The van der Waals surface area contributed by atoms with Crippen LogP contribution in [0.4, 0.5) is 0 Å². The van der Waals surface area contributed by atoms with Gasteiger partial charge in [0.15, 0.2) is 0 Å². The van der Waals surface area contributed by atoms with Crippen LogP contribution in [0.2, 0.25) is 5.02 Å². The maximum absolute atomic E-state index is 11.5. The van der Waals surface area contributed by atoms with E-state index in [9.17, 15) is 8.42 Å². The summed E-state index contributed by atoms with van der Waals surface area (Å²) in [6.45, 7) is 2.67. The van der Waals surface area contributed by atoms with Gasteiger partial charge in [0.25, 0.3) is 0 Å². The van der Waals surface area contributed by atoms with Crippen LogP contribution < -0.4 is 0 Å². The van der Waals surface area contributed by atoms with E-state index in [0.29, 0.717) is 42.6 Å². The van der Waals surface area contributed by atoms with Crippen LogP contribution in [-0.2, 0) is 16.7 Å². The summed E-state index contributed by atoms with van der Waals surface area (Å²) in [5, 5.41) is 8.82. The van der Waals surface area contributed by atoms with Gasteiger partial charge in [-0.2, -0.15) is 8.99 Å². The van der Waals surface area contributed by atoms with Gasteiger partial charge in [-0.3, -0.25) is 4.90 Å². The number of piperazine rings is 1. The Kier molecular flexibility index (Phi) is 5.02. The molecule has 1 aromatic carbocycles. The lowest BCUT2D eigenvalue weighted by atomic mass is 10.3. The fourth-order valence-electron chi connectivity index (χ4n) is 2.50. The third-order valence-corrected chi connectivity index (χ3v) is 5.78.